The normalized spacial score (nSPS) is 11.0. The standard InChI is InChI=1S/C21H21ClO7/c1-11(2)29-19-12(9-17(27-3)18(21(25)26)20(19)28-4)5-8-15(23)14-7-6-13(22)10-16(14)24/h5-11,24H,1-4H3,(H,25,26)/b8-5+. The summed E-state index contributed by atoms with van der Waals surface area (Å²) in [5.41, 5.74) is 0.252. The Morgan fingerprint density at radius 1 is 1.10 bits per heavy atom. The number of carboxylic acids is 1. The molecular formula is C21H21ClO7. The van der Waals surface area contributed by atoms with Crippen LogP contribution in [0.25, 0.3) is 6.08 Å². The van der Waals surface area contributed by atoms with E-state index in [2.05, 4.69) is 0 Å². The van der Waals surface area contributed by atoms with Crippen LogP contribution in [0, 0.1) is 0 Å². The Balaban J connectivity index is 2.59. The first-order valence-corrected chi connectivity index (χ1v) is 8.97. The number of aromatic carboxylic acids is 1. The van der Waals surface area contributed by atoms with Gasteiger partial charge in [-0.05, 0) is 50.3 Å². The van der Waals surface area contributed by atoms with Crippen molar-refractivity contribution in [2.24, 2.45) is 0 Å². The fourth-order valence-corrected chi connectivity index (χ4v) is 2.81. The van der Waals surface area contributed by atoms with Crippen molar-refractivity contribution in [2.75, 3.05) is 14.2 Å². The van der Waals surface area contributed by atoms with Crippen molar-refractivity contribution in [3.05, 3.63) is 52.1 Å². The number of phenolic OH excluding ortho intramolecular Hbond substituents is 1. The van der Waals surface area contributed by atoms with Gasteiger partial charge in [0.05, 0.1) is 25.9 Å². The van der Waals surface area contributed by atoms with Crippen LogP contribution < -0.4 is 14.2 Å². The average Bonchev–Trinajstić information content (AvgIpc) is 2.65. The summed E-state index contributed by atoms with van der Waals surface area (Å²) in [7, 11) is 2.65. The summed E-state index contributed by atoms with van der Waals surface area (Å²) in [5, 5.41) is 19.8. The van der Waals surface area contributed by atoms with Crippen LogP contribution in [-0.2, 0) is 0 Å². The van der Waals surface area contributed by atoms with E-state index in [4.69, 9.17) is 25.8 Å². The predicted octanol–water partition coefficient (Wildman–Crippen LogP) is 4.44. The minimum absolute atomic E-state index is 0.0213. The number of methoxy groups -OCH3 is 2. The maximum absolute atomic E-state index is 12.5. The van der Waals surface area contributed by atoms with Crippen LogP contribution in [0.3, 0.4) is 0 Å². The molecule has 0 amide bonds. The SMILES string of the molecule is COc1cc(/C=C/C(=O)c2ccc(Cl)cc2O)c(OC(C)C)c(OC)c1C(=O)O. The Labute approximate surface area is 173 Å². The van der Waals surface area contributed by atoms with E-state index < -0.39 is 11.8 Å². The van der Waals surface area contributed by atoms with Crippen LogP contribution in [0.4, 0.5) is 0 Å². The van der Waals surface area contributed by atoms with Crippen molar-refractivity contribution in [1.82, 2.24) is 0 Å². The average molecular weight is 421 g/mol. The number of phenols is 1. The molecule has 0 saturated heterocycles. The van der Waals surface area contributed by atoms with Crippen LogP contribution >= 0.6 is 11.6 Å². The van der Waals surface area contributed by atoms with E-state index in [-0.39, 0.29) is 40.2 Å². The zero-order chi connectivity index (χ0) is 21.7. The Kier molecular flexibility index (Phi) is 7.12. The Bertz CT molecular complexity index is 964. The zero-order valence-corrected chi connectivity index (χ0v) is 17.1. The summed E-state index contributed by atoms with van der Waals surface area (Å²) in [5.74, 6) is -1.79. The molecule has 0 bridgehead atoms. The number of carbonyl (C=O) groups excluding carboxylic acids is 1. The van der Waals surface area contributed by atoms with Gasteiger partial charge in [-0.25, -0.2) is 4.79 Å². The first kappa shape index (κ1) is 22.1. The third-order valence-corrected chi connectivity index (χ3v) is 4.09. The van der Waals surface area contributed by atoms with Crippen LogP contribution in [-0.4, -0.2) is 42.3 Å². The monoisotopic (exact) mass is 420 g/mol. The largest absolute Gasteiger partial charge is 0.507 e. The summed E-state index contributed by atoms with van der Waals surface area (Å²) in [6.45, 7) is 3.54. The minimum atomic E-state index is -1.25. The highest BCUT2D eigenvalue weighted by Gasteiger charge is 2.25. The molecule has 0 aromatic heterocycles. The van der Waals surface area contributed by atoms with Gasteiger partial charge in [0.1, 0.15) is 17.1 Å². The van der Waals surface area contributed by atoms with Crippen molar-refractivity contribution in [2.45, 2.75) is 20.0 Å². The Hall–Kier alpha value is -3.19. The highest BCUT2D eigenvalue weighted by Crippen LogP contribution is 2.42. The molecule has 0 aliphatic heterocycles. The lowest BCUT2D eigenvalue weighted by molar-refractivity contribution is 0.0687. The summed E-state index contributed by atoms with van der Waals surface area (Å²) in [4.78, 5) is 24.2. The molecule has 0 aliphatic carbocycles. The molecule has 2 aromatic rings. The molecule has 2 aromatic carbocycles. The Morgan fingerprint density at radius 2 is 1.79 bits per heavy atom. The van der Waals surface area contributed by atoms with Crippen molar-refractivity contribution in [3.63, 3.8) is 0 Å². The maximum atomic E-state index is 12.5. The van der Waals surface area contributed by atoms with Gasteiger partial charge in [-0.1, -0.05) is 11.6 Å². The van der Waals surface area contributed by atoms with E-state index in [0.717, 1.165) is 0 Å². The molecule has 29 heavy (non-hydrogen) atoms. The second-order valence-electron chi connectivity index (χ2n) is 6.24. The molecule has 8 heteroatoms. The van der Waals surface area contributed by atoms with Crippen LogP contribution in [0.2, 0.25) is 5.02 Å². The van der Waals surface area contributed by atoms with Gasteiger partial charge >= 0.3 is 5.97 Å². The molecule has 2 N–H and O–H groups in total. The second kappa shape index (κ2) is 9.34. The number of allylic oxidation sites excluding steroid dienone is 1. The van der Waals surface area contributed by atoms with Gasteiger partial charge in [0.2, 0.25) is 0 Å². The lowest BCUT2D eigenvalue weighted by Gasteiger charge is -2.19. The number of benzene rings is 2. The molecule has 0 unspecified atom stereocenters. The molecule has 0 saturated carbocycles. The number of carboxylic acid groups (broad SMARTS) is 1. The molecule has 7 nitrogen and oxygen atoms in total. The number of hydrogen-bond donors (Lipinski definition) is 2. The van der Waals surface area contributed by atoms with Gasteiger partial charge < -0.3 is 24.4 Å². The van der Waals surface area contributed by atoms with E-state index in [9.17, 15) is 19.8 Å². The van der Waals surface area contributed by atoms with Crippen molar-refractivity contribution in [1.29, 1.82) is 0 Å². The summed E-state index contributed by atoms with van der Waals surface area (Å²) in [6, 6.07) is 5.60. The van der Waals surface area contributed by atoms with E-state index in [0.29, 0.717) is 10.6 Å². The quantitative estimate of drug-likeness (QED) is 0.480. The number of aromatic hydroxyl groups is 1. The minimum Gasteiger partial charge on any atom is -0.507 e. The topological polar surface area (TPSA) is 102 Å². The molecule has 2 rings (SSSR count). The predicted molar refractivity (Wildman–Crippen MR) is 109 cm³/mol. The van der Waals surface area contributed by atoms with Gasteiger partial charge in [-0.15, -0.1) is 0 Å². The van der Waals surface area contributed by atoms with Crippen LogP contribution in [0.5, 0.6) is 23.0 Å². The van der Waals surface area contributed by atoms with Crippen LogP contribution in [0.15, 0.2) is 30.3 Å². The van der Waals surface area contributed by atoms with Crippen LogP contribution in [0.1, 0.15) is 40.1 Å². The first-order chi connectivity index (χ1) is 13.7. The molecule has 0 atom stereocenters. The fourth-order valence-electron chi connectivity index (χ4n) is 2.64. The Morgan fingerprint density at radius 3 is 2.31 bits per heavy atom. The molecule has 0 aliphatic rings. The first-order valence-electron chi connectivity index (χ1n) is 8.59. The highest BCUT2D eigenvalue weighted by molar-refractivity contribution is 6.31. The number of rotatable bonds is 8. The molecule has 0 fully saturated rings. The molecule has 0 heterocycles. The van der Waals surface area contributed by atoms with E-state index >= 15 is 0 Å². The second-order valence-corrected chi connectivity index (χ2v) is 6.67. The van der Waals surface area contributed by atoms with Gasteiger partial charge in [-0.2, -0.15) is 0 Å². The fraction of sp³-hybridized carbons (Fsp3) is 0.238. The lowest BCUT2D eigenvalue weighted by atomic mass is 10.0. The van der Waals surface area contributed by atoms with E-state index in [1.165, 1.54) is 50.6 Å². The number of carbonyl (C=O) groups is 2. The number of ether oxygens (including phenoxy) is 3. The smallest absolute Gasteiger partial charge is 0.343 e. The summed E-state index contributed by atoms with van der Waals surface area (Å²) < 4.78 is 16.2. The van der Waals surface area contributed by atoms with Crippen molar-refractivity contribution in [3.8, 4) is 23.0 Å². The number of ketones is 1. The molecule has 0 radical (unpaired) electrons. The van der Waals surface area contributed by atoms with Crippen molar-refractivity contribution >= 4 is 29.4 Å². The molecular weight excluding hydrogens is 400 g/mol. The molecule has 154 valence electrons. The summed E-state index contributed by atoms with van der Waals surface area (Å²) in [6.07, 6.45) is 2.37. The van der Waals surface area contributed by atoms with Gasteiger partial charge in [0.25, 0.3) is 0 Å². The highest BCUT2D eigenvalue weighted by atomic mass is 35.5. The van der Waals surface area contributed by atoms with E-state index in [1.54, 1.807) is 13.8 Å². The third-order valence-electron chi connectivity index (χ3n) is 3.86. The molecule has 0 spiro atoms. The lowest BCUT2D eigenvalue weighted by Crippen LogP contribution is -2.12. The van der Waals surface area contributed by atoms with Gasteiger partial charge in [-0.3, -0.25) is 4.79 Å². The number of hydrogen-bond acceptors (Lipinski definition) is 6. The van der Waals surface area contributed by atoms with Gasteiger partial charge in [0, 0.05) is 10.6 Å². The van der Waals surface area contributed by atoms with Gasteiger partial charge in [0.15, 0.2) is 17.3 Å². The zero-order valence-electron chi connectivity index (χ0n) is 16.4. The summed E-state index contributed by atoms with van der Waals surface area (Å²) >= 11 is 5.79. The van der Waals surface area contributed by atoms with E-state index in [1.807, 2.05) is 0 Å². The maximum Gasteiger partial charge on any atom is 0.343 e. The third kappa shape index (κ3) is 5.00. The number of halogens is 1. The van der Waals surface area contributed by atoms with Crippen molar-refractivity contribution < 1.29 is 34.0 Å².